The van der Waals surface area contributed by atoms with Gasteiger partial charge in [0, 0.05) is 53.4 Å². The summed E-state index contributed by atoms with van der Waals surface area (Å²) >= 11 is 0. The number of hydrogen-bond donors (Lipinski definition) is 4. The summed E-state index contributed by atoms with van der Waals surface area (Å²) in [5.41, 5.74) is 5.29. The van der Waals surface area contributed by atoms with Gasteiger partial charge in [0.25, 0.3) is 5.91 Å². The maximum atomic E-state index is 13.1. The topological polar surface area (TPSA) is 108 Å². The number of para-hydroxylation sites is 1. The Morgan fingerprint density at radius 3 is 2.06 bits per heavy atom. The number of aliphatic hydroxyl groups is 1. The quantitative estimate of drug-likeness (QED) is 0.128. The minimum atomic E-state index is -0.256. The lowest BCUT2D eigenvalue weighted by atomic mass is 9.97. The van der Waals surface area contributed by atoms with Crippen LogP contribution in [0.25, 0.3) is 16.6 Å². The predicted octanol–water partition coefficient (Wildman–Crippen LogP) is 7.41. The number of aromatic nitrogens is 1. The number of benzene rings is 4. The van der Waals surface area contributed by atoms with Crippen molar-refractivity contribution in [1.82, 2.24) is 14.8 Å². The molecule has 0 saturated carbocycles. The van der Waals surface area contributed by atoms with Crippen molar-refractivity contribution < 1.29 is 19.4 Å². The van der Waals surface area contributed by atoms with E-state index in [1.807, 2.05) is 38.1 Å². The summed E-state index contributed by atoms with van der Waals surface area (Å²) in [5.74, 6) is 1.47. The molecule has 1 saturated heterocycles. The molecule has 6 rings (SSSR count). The summed E-state index contributed by atoms with van der Waals surface area (Å²) in [5, 5.41) is 19.3. The minimum Gasteiger partial charge on any atom is -0.457 e. The van der Waals surface area contributed by atoms with Gasteiger partial charge in [0.1, 0.15) is 11.5 Å². The largest absolute Gasteiger partial charge is 0.457 e. The van der Waals surface area contributed by atoms with E-state index in [-0.39, 0.29) is 24.6 Å². The average Bonchev–Trinajstić information content (AvgIpc) is 3.44. The second-order valence-corrected chi connectivity index (χ2v) is 12.3. The van der Waals surface area contributed by atoms with Crippen LogP contribution in [0.3, 0.4) is 0 Å². The summed E-state index contributed by atoms with van der Waals surface area (Å²) in [4.78, 5) is 27.4. The number of likely N-dealkylation sites (tertiary alicyclic amines) is 1. The zero-order valence-electron chi connectivity index (χ0n) is 26.8. The van der Waals surface area contributed by atoms with Crippen molar-refractivity contribution in [3.63, 3.8) is 0 Å². The molecule has 47 heavy (non-hydrogen) atoms. The highest BCUT2D eigenvalue weighted by Crippen LogP contribution is 2.28. The molecule has 242 valence electrons. The van der Waals surface area contributed by atoms with Crippen LogP contribution in [-0.2, 0) is 6.54 Å². The van der Waals surface area contributed by atoms with Gasteiger partial charge in [0.2, 0.25) is 0 Å². The number of nitrogens with one attached hydrogen (secondary N) is 3. The van der Waals surface area contributed by atoms with E-state index >= 15 is 0 Å². The first-order valence-corrected chi connectivity index (χ1v) is 16.1. The Morgan fingerprint density at radius 2 is 1.45 bits per heavy atom. The lowest BCUT2D eigenvalue weighted by Gasteiger charge is -2.30. The standard InChI is InChI=1S/C38H41N5O4/c1-26(2)39-38(46)41-31-11-17-34(18-12-31)47-33-15-9-30(10-16-33)40-37(45)28-7-13-32(14-8-28)43-24-29(35-5-3-4-6-36(35)43)23-42-21-19-27(25-44)20-22-42/h3-18,24,26-27,44H,19-23,25H2,1-2H3,(H,40,45)(H2,39,41,46). The number of amides is 3. The number of rotatable bonds is 10. The number of ether oxygens (including phenoxy) is 1. The van der Waals surface area contributed by atoms with Crippen molar-refractivity contribution in [2.75, 3.05) is 30.3 Å². The van der Waals surface area contributed by atoms with Crippen molar-refractivity contribution in [3.8, 4) is 17.2 Å². The van der Waals surface area contributed by atoms with Gasteiger partial charge in [-0.3, -0.25) is 9.69 Å². The van der Waals surface area contributed by atoms with Gasteiger partial charge < -0.3 is 30.4 Å². The highest BCUT2D eigenvalue weighted by molar-refractivity contribution is 6.04. The normalized spacial score (nSPS) is 13.9. The first-order chi connectivity index (χ1) is 22.8. The molecule has 9 heteroatoms. The van der Waals surface area contributed by atoms with E-state index < -0.39 is 0 Å². The van der Waals surface area contributed by atoms with Gasteiger partial charge in [-0.05, 0) is 130 Å². The molecular weight excluding hydrogens is 590 g/mol. The molecule has 1 aliphatic heterocycles. The van der Waals surface area contributed by atoms with Crippen molar-refractivity contribution in [2.24, 2.45) is 5.92 Å². The Hall–Kier alpha value is -5.12. The maximum Gasteiger partial charge on any atom is 0.319 e. The zero-order chi connectivity index (χ0) is 32.8. The highest BCUT2D eigenvalue weighted by atomic mass is 16.5. The molecule has 0 unspecified atom stereocenters. The van der Waals surface area contributed by atoms with Crippen molar-refractivity contribution in [2.45, 2.75) is 39.3 Å². The van der Waals surface area contributed by atoms with Crippen LogP contribution in [0.4, 0.5) is 16.2 Å². The Balaban J connectivity index is 1.06. The monoisotopic (exact) mass is 631 g/mol. The van der Waals surface area contributed by atoms with E-state index in [1.165, 1.54) is 10.9 Å². The maximum absolute atomic E-state index is 13.1. The molecule has 4 N–H and O–H groups in total. The Labute approximate surface area is 275 Å². The highest BCUT2D eigenvalue weighted by Gasteiger charge is 2.20. The number of hydrogen-bond acceptors (Lipinski definition) is 5. The summed E-state index contributed by atoms with van der Waals surface area (Å²) in [6.07, 6.45) is 4.27. The number of anilines is 2. The van der Waals surface area contributed by atoms with Crippen LogP contribution in [0, 0.1) is 5.92 Å². The second-order valence-electron chi connectivity index (χ2n) is 12.3. The molecule has 2 heterocycles. The Morgan fingerprint density at radius 1 is 0.830 bits per heavy atom. The van der Waals surface area contributed by atoms with Crippen LogP contribution in [0.15, 0.2) is 103 Å². The zero-order valence-corrected chi connectivity index (χ0v) is 26.8. The predicted molar refractivity (Wildman–Crippen MR) is 187 cm³/mol. The number of carbonyl (C=O) groups excluding carboxylic acids is 2. The molecule has 1 aromatic heterocycles. The summed E-state index contributed by atoms with van der Waals surface area (Å²) in [6.45, 7) is 6.95. The molecule has 1 fully saturated rings. The number of urea groups is 1. The number of aliphatic hydroxyl groups excluding tert-OH is 1. The molecular formula is C38H41N5O4. The smallest absolute Gasteiger partial charge is 0.319 e. The summed E-state index contributed by atoms with van der Waals surface area (Å²) in [6, 6.07) is 30.2. The fourth-order valence-corrected chi connectivity index (χ4v) is 5.91. The van der Waals surface area contributed by atoms with Crippen LogP contribution in [0.2, 0.25) is 0 Å². The molecule has 0 atom stereocenters. The first kappa shape index (κ1) is 31.8. The van der Waals surface area contributed by atoms with E-state index in [0.29, 0.717) is 34.4 Å². The fraction of sp³-hybridized carbons (Fsp3) is 0.263. The van der Waals surface area contributed by atoms with E-state index in [9.17, 15) is 14.7 Å². The molecule has 5 aromatic rings. The first-order valence-electron chi connectivity index (χ1n) is 16.1. The van der Waals surface area contributed by atoms with Gasteiger partial charge >= 0.3 is 6.03 Å². The van der Waals surface area contributed by atoms with E-state index in [1.54, 1.807) is 48.5 Å². The Kier molecular flexibility index (Phi) is 9.85. The molecule has 3 amide bonds. The van der Waals surface area contributed by atoms with Gasteiger partial charge in [0.05, 0.1) is 5.52 Å². The minimum absolute atomic E-state index is 0.0499. The third-order valence-corrected chi connectivity index (χ3v) is 8.44. The lowest BCUT2D eigenvalue weighted by molar-refractivity contribution is 0.102. The molecule has 4 aromatic carbocycles. The molecule has 0 bridgehead atoms. The Bertz CT molecular complexity index is 1810. The van der Waals surface area contributed by atoms with Crippen LogP contribution in [-0.4, -0.2) is 52.3 Å². The molecule has 0 aliphatic carbocycles. The third-order valence-electron chi connectivity index (χ3n) is 8.44. The van der Waals surface area contributed by atoms with Crippen molar-refractivity contribution >= 4 is 34.2 Å². The number of carbonyl (C=O) groups is 2. The molecule has 9 nitrogen and oxygen atoms in total. The van der Waals surface area contributed by atoms with Crippen molar-refractivity contribution in [1.29, 1.82) is 0 Å². The van der Waals surface area contributed by atoms with E-state index in [4.69, 9.17) is 4.74 Å². The van der Waals surface area contributed by atoms with Crippen LogP contribution < -0.4 is 20.7 Å². The van der Waals surface area contributed by atoms with E-state index in [0.717, 1.165) is 43.7 Å². The van der Waals surface area contributed by atoms with Crippen LogP contribution in [0.5, 0.6) is 11.5 Å². The van der Waals surface area contributed by atoms with Gasteiger partial charge in [-0.15, -0.1) is 0 Å². The number of nitrogens with zero attached hydrogens (tertiary/aromatic N) is 2. The van der Waals surface area contributed by atoms with Gasteiger partial charge in [-0.2, -0.15) is 0 Å². The summed E-state index contributed by atoms with van der Waals surface area (Å²) < 4.78 is 8.12. The molecule has 0 radical (unpaired) electrons. The van der Waals surface area contributed by atoms with Gasteiger partial charge in [-0.25, -0.2) is 4.79 Å². The van der Waals surface area contributed by atoms with Crippen molar-refractivity contribution in [3.05, 3.63) is 114 Å². The van der Waals surface area contributed by atoms with Gasteiger partial charge in [0.15, 0.2) is 0 Å². The van der Waals surface area contributed by atoms with E-state index in [2.05, 4.69) is 55.9 Å². The lowest BCUT2D eigenvalue weighted by Crippen LogP contribution is -2.34. The number of fused-ring (bicyclic) bond motifs is 1. The second kappa shape index (κ2) is 14.5. The van der Waals surface area contributed by atoms with Crippen LogP contribution in [0.1, 0.15) is 42.6 Å². The van der Waals surface area contributed by atoms with Gasteiger partial charge in [-0.1, -0.05) is 18.2 Å². The number of piperidine rings is 1. The molecule has 1 aliphatic rings. The third kappa shape index (κ3) is 8.00. The SMILES string of the molecule is CC(C)NC(=O)Nc1ccc(Oc2ccc(NC(=O)c3ccc(-n4cc(CN5CCC(CO)CC5)c5ccccc54)cc3)cc2)cc1. The van der Waals surface area contributed by atoms with Crippen LogP contribution >= 0.6 is 0 Å². The fourth-order valence-electron chi connectivity index (χ4n) is 5.91. The molecule has 0 spiro atoms. The summed E-state index contributed by atoms with van der Waals surface area (Å²) in [7, 11) is 0. The average molecular weight is 632 g/mol.